The van der Waals surface area contributed by atoms with Crippen LogP contribution < -0.4 is 14.8 Å². The predicted molar refractivity (Wildman–Crippen MR) is 130 cm³/mol. The predicted octanol–water partition coefficient (Wildman–Crippen LogP) is 5.52. The molecule has 0 radical (unpaired) electrons. The second-order valence-corrected chi connectivity index (χ2v) is 7.91. The van der Waals surface area contributed by atoms with Crippen molar-refractivity contribution in [1.82, 2.24) is 0 Å². The van der Waals surface area contributed by atoms with Crippen molar-refractivity contribution in [2.24, 2.45) is 5.16 Å². The van der Waals surface area contributed by atoms with Crippen LogP contribution in [0.3, 0.4) is 0 Å². The molecule has 1 amide bonds. The monoisotopic (exact) mass is 550 g/mol. The molecule has 0 unspecified atom stereocenters. The molecule has 3 rings (SSSR count). The lowest BCUT2D eigenvalue weighted by molar-refractivity contribution is -0.120. The van der Waals surface area contributed by atoms with Crippen LogP contribution >= 0.6 is 34.2 Å². The Kier molecular flexibility index (Phi) is 8.54. The summed E-state index contributed by atoms with van der Waals surface area (Å²) in [4.78, 5) is 17.0. The van der Waals surface area contributed by atoms with E-state index in [1.807, 2.05) is 48.5 Å². The lowest BCUT2D eigenvalue weighted by atomic mass is 10.2. The van der Waals surface area contributed by atoms with Gasteiger partial charge in [0.25, 0.3) is 5.91 Å². The van der Waals surface area contributed by atoms with Crippen LogP contribution in [-0.2, 0) is 16.2 Å². The molecule has 0 saturated carbocycles. The second-order valence-electron chi connectivity index (χ2n) is 6.34. The van der Waals surface area contributed by atoms with Gasteiger partial charge in [-0.15, -0.1) is 0 Å². The maximum Gasteiger partial charge on any atom is 0.265 e. The fourth-order valence-electron chi connectivity index (χ4n) is 2.63. The van der Waals surface area contributed by atoms with Gasteiger partial charge in [-0.05, 0) is 52.9 Å². The van der Waals surface area contributed by atoms with Gasteiger partial charge in [0.05, 0.1) is 16.9 Å². The molecule has 0 spiro atoms. The summed E-state index contributed by atoms with van der Waals surface area (Å²) in [5.74, 6) is 0.879. The van der Waals surface area contributed by atoms with Crippen molar-refractivity contribution >= 4 is 52.0 Å². The number of benzene rings is 3. The van der Waals surface area contributed by atoms with Crippen LogP contribution in [0.4, 0.5) is 5.69 Å². The summed E-state index contributed by atoms with van der Waals surface area (Å²) in [7, 11) is 1.57. The third kappa shape index (κ3) is 6.86. The summed E-state index contributed by atoms with van der Waals surface area (Å²) >= 11 is 8.36. The quantitative estimate of drug-likeness (QED) is 0.216. The minimum atomic E-state index is -0.293. The number of nitrogens with one attached hydrogen (secondary N) is 1. The van der Waals surface area contributed by atoms with Crippen molar-refractivity contribution in [3.63, 3.8) is 0 Å². The van der Waals surface area contributed by atoms with Gasteiger partial charge in [0.1, 0.15) is 6.61 Å². The van der Waals surface area contributed by atoms with Gasteiger partial charge in [-0.3, -0.25) is 4.79 Å². The molecule has 0 saturated heterocycles. The molecule has 0 fully saturated rings. The molecule has 0 atom stereocenters. The maximum atomic E-state index is 11.9. The molecule has 31 heavy (non-hydrogen) atoms. The Hall–Kier alpha value is -2.78. The van der Waals surface area contributed by atoms with Gasteiger partial charge in [-0.25, -0.2) is 0 Å². The highest BCUT2D eigenvalue weighted by molar-refractivity contribution is 14.1. The number of rotatable bonds is 9. The zero-order valence-corrected chi connectivity index (χ0v) is 19.6. The second kappa shape index (κ2) is 11.6. The zero-order chi connectivity index (χ0) is 22.1. The van der Waals surface area contributed by atoms with E-state index in [9.17, 15) is 4.79 Å². The zero-order valence-electron chi connectivity index (χ0n) is 16.7. The van der Waals surface area contributed by atoms with Crippen LogP contribution in [0.2, 0.25) is 5.02 Å². The van der Waals surface area contributed by atoms with Crippen molar-refractivity contribution < 1.29 is 19.1 Å². The molecule has 6 nitrogen and oxygen atoms in total. The number of amides is 1. The first-order chi connectivity index (χ1) is 15.1. The van der Waals surface area contributed by atoms with E-state index in [2.05, 4.69) is 33.1 Å². The summed E-state index contributed by atoms with van der Waals surface area (Å²) in [5, 5.41) is 7.24. The first kappa shape index (κ1) is 22.9. The van der Waals surface area contributed by atoms with Crippen LogP contribution in [0, 0.1) is 3.57 Å². The van der Waals surface area contributed by atoms with Crippen molar-refractivity contribution in [1.29, 1.82) is 0 Å². The highest BCUT2D eigenvalue weighted by Gasteiger charge is 2.12. The summed E-state index contributed by atoms with van der Waals surface area (Å²) in [6, 6.07) is 20.3. The number of halogens is 2. The van der Waals surface area contributed by atoms with E-state index in [0.29, 0.717) is 28.8 Å². The standard InChI is InChI=1S/C23H20ClIN2O4/c1-29-21-12-16(13-26-31-15-22(28)27-18-8-3-2-4-9-18)11-20(25)23(21)30-14-17-7-5-6-10-19(17)24/h2-13H,14-15H2,1H3,(H,27,28)/b26-13+. The smallest absolute Gasteiger partial charge is 0.265 e. The molecule has 1 N–H and O–H groups in total. The average molecular weight is 551 g/mol. The fraction of sp³-hybridized carbons (Fsp3) is 0.130. The van der Waals surface area contributed by atoms with Crippen LogP contribution in [0.5, 0.6) is 11.5 Å². The Morgan fingerprint density at radius 1 is 1.13 bits per heavy atom. The number of nitrogens with zero attached hydrogens (tertiary/aromatic N) is 1. The molecule has 0 aromatic heterocycles. The lowest BCUT2D eigenvalue weighted by Gasteiger charge is -2.14. The molecule has 160 valence electrons. The van der Waals surface area contributed by atoms with Crippen LogP contribution in [0.25, 0.3) is 0 Å². The van der Waals surface area contributed by atoms with Crippen LogP contribution in [0.15, 0.2) is 71.9 Å². The molecule has 0 aliphatic rings. The van der Waals surface area contributed by atoms with E-state index in [0.717, 1.165) is 14.7 Å². The van der Waals surface area contributed by atoms with E-state index in [4.69, 9.17) is 25.9 Å². The largest absolute Gasteiger partial charge is 0.493 e. The highest BCUT2D eigenvalue weighted by Crippen LogP contribution is 2.34. The van der Waals surface area contributed by atoms with Gasteiger partial charge in [0.2, 0.25) is 0 Å². The van der Waals surface area contributed by atoms with E-state index < -0.39 is 0 Å². The van der Waals surface area contributed by atoms with Crippen molar-refractivity contribution in [2.75, 3.05) is 19.0 Å². The first-order valence-corrected chi connectivity index (χ1v) is 10.8. The van der Waals surface area contributed by atoms with E-state index in [1.165, 1.54) is 6.21 Å². The molecular weight excluding hydrogens is 531 g/mol. The van der Waals surface area contributed by atoms with Gasteiger partial charge in [-0.2, -0.15) is 0 Å². The fourth-order valence-corrected chi connectivity index (χ4v) is 3.60. The summed E-state index contributed by atoms with van der Waals surface area (Å²) in [6.45, 7) is 0.123. The van der Waals surface area contributed by atoms with Gasteiger partial charge < -0.3 is 19.6 Å². The molecule has 3 aromatic carbocycles. The Labute approximate surface area is 199 Å². The van der Waals surface area contributed by atoms with Crippen LogP contribution in [-0.4, -0.2) is 25.8 Å². The van der Waals surface area contributed by atoms with Crippen LogP contribution in [0.1, 0.15) is 11.1 Å². The number of ether oxygens (including phenoxy) is 2. The molecule has 3 aromatic rings. The lowest BCUT2D eigenvalue weighted by Crippen LogP contribution is -2.16. The first-order valence-electron chi connectivity index (χ1n) is 9.31. The summed E-state index contributed by atoms with van der Waals surface area (Å²) in [5.41, 5.74) is 2.33. The Balaban J connectivity index is 1.58. The van der Waals surface area contributed by atoms with E-state index in [1.54, 1.807) is 25.3 Å². The van der Waals surface area contributed by atoms with E-state index >= 15 is 0 Å². The third-order valence-electron chi connectivity index (χ3n) is 4.11. The van der Waals surface area contributed by atoms with Gasteiger partial charge >= 0.3 is 0 Å². The normalized spacial score (nSPS) is 10.7. The van der Waals surface area contributed by atoms with Crippen molar-refractivity contribution in [2.45, 2.75) is 6.61 Å². The SMILES string of the molecule is COc1cc(/C=N/OCC(=O)Nc2ccccc2)cc(I)c1OCc1ccccc1Cl. The Morgan fingerprint density at radius 2 is 1.87 bits per heavy atom. The highest BCUT2D eigenvalue weighted by atomic mass is 127. The number of carbonyl (C=O) groups is 1. The molecule has 0 bridgehead atoms. The van der Waals surface area contributed by atoms with Gasteiger partial charge in [0, 0.05) is 21.8 Å². The maximum absolute atomic E-state index is 11.9. The number of methoxy groups -OCH3 is 1. The molecular formula is C23H20ClIN2O4. The average Bonchev–Trinajstić information content (AvgIpc) is 2.77. The van der Waals surface area contributed by atoms with Crippen molar-refractivity contribution in [3.8, 4) is 11.5 Å². The minimum Gasteiger partial charge on any atom is -0.493 e. The Bertz CT molecular complexity index is 1060. The molecule has 0 heterocycles. The molecule has 8 heteroatoms. The van der Waals surface area contributed by atoms with Gasteiger partial charge in [-0.1, -0.05) is 53.2 Å². The number of oxime groups is 1. The summed E-state index contributed by atoms with van der Waals surface area (Å²) < 4.78 is 12.3. The molecule has 0 aliphatic carbocycles. The number of anilines is 1. The summed E-state index contributed by atoms with van der Waals surface area (Å²) in [6.07, 6.45) is 1.51. The van der Waals surface area contributed by atoms with E-state index in [-0.39, 0.29) is 12.5 Å². The topological polar surface area (TPSA) is 69.2 Å². The number of hydrogen-bond donors (Lipinski definition) is 1. The number of hydrogen-bond acceptors (Lipinski definition) is 5. The van der Waals surface area contributed by atoms with Gasteiger partial charge in [0.15, 0.2) is 18.1 Å². The molecule has 0 aliphatic heterocycles. The Morgan fingerprint density at radius 3 is 2.61 bits per heavy atom. The number of carbonyl (C=O) groups excluding carboxylic acids is 1. The minimum absolute atomic E-state index is 0.196. The number of para-hydroxylation sites is 1. The third-order valence-corrected chi connectivity index (χ3v) is 5.28. The van der Waals surface area contributed by atoms with Crippen molar-refractivity contribution in [3.05, 3.63) is 86.4 Å².